The fourth-order valence-corrected chi connectivity index (χ4v) is 3.01. The highest BCUT2D eigenvalue weighted by Crippen LogP contribution is 2.31. The smallest absolute Gasteiger partial charge is 0.290 e. The number of hydrogen-bond acceptors (Lipinski definition) is 6. The highest BCUT2D eigenvalue weighted by molar-refractivity contribution is 8.18. The van der Waals surface area contributed by atoms with Crippen molar-refractivity contribution in [1.82, 2.24) is 4.90 Å². The molecular formula is C18H16N4O2S. The second-order valence-electron chi connectivity index (χ2n) is 5.46. The van der Waals surface area contributed by atoms with Gasteiger partial charge in [0, 0.05) is 12.3 Å². The fourth-order valence-electron chi connectivity index (χ4n) is 2.14. The molecule has 0 aliphatic carbocycles. The Morgan fingerprint density at radius 3 is 2.52 bits per heavy atom. The normalized spacial score (nSPS) is 16.4. The van der Waals surface area contributed by atoms with Gasteiger partial charge in [0.15, 0.2) is 5.92 Å². The molecule has 1 aliphatic heterocycles. The van der Waals surface area contributed by atoms with Gasteiger partial charge < -0.3 is 0 Å². The Morgan fingerprint density at radius 1 is 1.28 bits per heavy atom. The third-order valence-electron chi connectivity index (χ3n) is 3.61. The number of nitrogens with zero attached hydrogens (tertiary/aromatic N) is 4. The van der Waals surface area contributed by atoms with Gasteiger partial charge in [0.25, 0.3) is 11.1 Å². The number of rotatable bonds is 5. The van der Waals surface area contributed by atoms with Gasteiger partial charge in [0.05, 0.1) is 23.6 Å². The third kappa shape index (κ3) is 4.56. The van der Waals surface area contributed by atoms with E-state index in [-0.39, 0.29) is 24.2 Å². The van der Waals surface area contributed by atoms with Gasteiger partial charge in [-0.15, -0.1) is 0 Å². The number of imide groups is 1. The van der Waals surface area contributed by atoms with E-state index in [1.165, 1.54) is 0 Å². The van der Waals surface area contributed by atoms with Gasteiger partial charge >= 0.3 is 0 Å². The molecule has 0 radical (unpaired) electrons. The number of nitriles is 2. The molecule has 1 aliphatic rings. The molecule has 1 fully saturated rings. The summed E-state index contributed by atoms with van der Waals surface area (Å²) in [5.41, 5.74) is 2.36. The standard InChI is InChI=1S/C18H16N4O2S/c1-12-3-5-14(6-4-12)9-16-17(23)22(18(24)25-16)8-7-21-13(2)15(10-19)11-20/h3-6,9,15H,7-8H2,1-2H3/b16-9-,21-13?. The first-order chi connectivity index (χ1) is 12.0. The van der Waals surface area contributed by atoms with Gasteiger partial charge in [-0.2, -0.15) is 10.5 Å². The maximum Gasteiger partial charge on any atom is 0.293 e. The molecule has 0 bridgehead atoms. The van der Waals surface area contributed by atoms with E-state index in [1.807, 2.05) is 43.3 Å². The summed E-state index contributed by atoms with van der Waals surface area (Å²) in [5, 5.41) is 17.3. The van der Waals surface area contributed by atoms with Crippen LogP contribution in [0.3, 0.4) is 0 Å². The molecule has 6 nitrogen and oxygen atoms in total. The molecular weight excluding hydrogens is 336 g/mol. The molecule has 1 heterocycles. The first-order valence-corrected chi connectivity index (χ1v) is 8.40. The summed E-state index contributed by atoms with van der Waals surface area (Å²) in [4.78, 5) is 30.0. The fraction of sp³-hybridized carbons (Fsp3) is 0.278. The Bertz CT molecular complexity index is 814. The van der Waals surface area contributed by atoms with Crippen LogP contribution in [0.4, 0.5) is 4.79 Å². The highest BCUT2D eigenvalue weighted by Gasteiger charge is 2.34. The SMILES string of the molecule is CC(=NCCN1C(=O)S/C(=C\c2ccc(C)cc2)C1=O)C(C#N)C#N. The summed E-state index contributed by atoms with van der Waals surface area (Å²) in [6, 6.07) is 11.3. The van der Waals surface area contributed by atoms with Gasteiger partial charge in [-0.3, -0.25) is 19.5 Å². The molecule has 126 valence electrons. The zero-order valence-electron chi connectivity index (χ0n) is 13.9. The average molecular weight is 352 g/mol. The Kier molecular flexibility index (Phi) is 6.10. The van der Waals surface area contributed by atoms with E-state index in [9.17, 15) is 9.59 Å². The molecule has 2 amide bonds. The van der Waals surface area contributed by atoms with Crippen LogP contribution < -0.4 is 0 Å². The summed E-state index contributed by atoms with van der Waals surface area (Å²) in [5.74, 6) is -1.25. The second-order valence-corrected chi connectivity index (χ2v) is 6.45. The Hall–Kier alpha value is -2.90. The van der Waals surface area contributed by atoms with Gasteiger partial charge in [0.2, 0.25) is 0 Å². The number of amides is 2. The summed E-state index contributed by atoms with van der Waals surface area (Å²) < 4.78 is 0. The molecule has 0 aromatic heterocycles. The van der Waals surface area contributed by atoms with E-state index in [0.717, 1.165) is 27.8 Å². The molecule has 0 atom stereocenters. The van der Waals surface area contributed by atoms with Crippen molar-refractivity contribution in [3.8, 4) is 12.1 Å². The largest absolute Gasteiger partial charge is 0.293 e. The monoisotopic (exact) mass is 352 g/mol. The zero-order chi connectivity index (χ0) is 18.4. The van der Waals surface area contributed by atoms with Gasteiger partial charge in [-0.25, -0.2) is 0 Å². The van der Waals surface area contributed by atoms with Crippen LogP contribution >= 0.6 is 11.8 Å². The van der Waals surface area contributed by atoms with Crippen LogP contribution in [-0.2, 0) is 4.79 Å². The van der Waals surface area contributed by atoms with Crippen molar-refractivity contribution in [1.29, 1.82) is 10.5 Å². The van der Waals surface area contributed by atoms with Crippen molar-refractivity contribution >= 4 is 34.7 Å². The maximum atomic E-state index is 12.4. The van der Waals surface area contributed by atoms with Crippen LogP contribution in [0.25, 0.3) is 6.08 Å². The highest BCUT2D eigenvalue weighted by atomic mass is 32.2. The van der Waals surface area contributed by atoms with Gasteiger partial charge in [-0.05, 0) is 37.2 Å². The molecule has 2 rings (SSSR count). The minimum absolute atomic E-state index is 0.122. The van der Waals surface area contributed by atoms with Crippen molar-refractivity contribution in [2.24, 2.45) is 10.9 Å². The minimum Gasteiger partial charge on any atom is -0.290 e. The predicted octanol–water partition coefficient (Wildman–Crippen LogP) is 3.16. The van der Waals surface area contributed by atoms with Crippen LogP contribution in [0.2, 0.25) is 0 Å². The number of benzene rings is 1. The van der Waals surface area contributed by atoms with E-state index in [1.54, 1.807) is 13.0 Å². The molecule has 1 aromatic rings. The van der Waals surface area contributed by atoms with Gasteiger partial charge in [-0.1, -0.05) is 29.8 Å². The molecule has 0 unspecified atom stereocenters. The zero-order valence-corrected chi connectivity index (χ0v) is 14.7. The number of aryl methyl sites for hydroxylation is 1. The second kappa shape index (κ2) is 8.27. The van der Waals surface area contributed by atoms with Crippen molar-refractivity contribution in [3.05, 3.63) is 40.3 Å². The quantitative estimate of drug-likeness (QED) is 0.599. The lowest BCUT2D eigenvalue weighted by Crippen LogP contribution is -2.31. The average Bonchev–Trinajstić information content (AvgIpc) is 2.85. The predicted molar refractivity (Wildman–Crippen MR) is 96.5 cm³/mol. The maximum absolute atomic E-state index is 12.4. The van der Waals surface area contributed by atoms with Crippen LogP contribution in [0, 0.1) is 35.5 Å². The van der Waals surface area contributed by atoms with Crippen molar-refractivity contribution < 1.29 is 9.59 Å². The Labute approximate surface area is 150 Å². The van der Waals surface area contributed by atoms with Crippen LogP contribution in [-0.4, -0.2) is 34.8 Å². The van der Waals surface area contributed by atoms with Crippen molar-refractivity contribution in [3.63, 3.8) is 0 Å². The number of carbonyl (C=O) groups excluding carboxylic acids is 2. The Balaban J connectivity index is 2.04. The first-order valence-electron chi connectivity index (χ1n) is 7.58. The number of thioether (sulfide) groups is 1. The summed E-state index contributed by atoms with van der Waals surface area (Å²) in [7, 11) is 0. The van der Waals surface area contributed by atoms with E-state index in [0.29, 0.717) is 10.6 Å². The van der Waals surface area contributed by atoms with Crippen LogP contribution in [0.5, 0.6) is 0 Å². The number of carbonyl (C=O) groups is 2. The molecule has 0 saturated carbocycles. The molecule has 7 heteroatoms. The van der Waals surface area contributed by atoms with E-state index < -0.39 is 5.92 Å². The van der Waals surface area contributed by atoms with E-state index in [2.05, 4.69) is 4.99 Å². The molecule has 1 aromatic carbocycles. The van der Waals surface area contributed by atoms with Gasteiger partial charge in [0.1, 0.15) is 0 Å². The van der Waals surface area contributed by atoms with Crippen LogP contribution in [0.1, 0.15) is 18.1 Å². The lowest BCUT2D eigenvalue weighted by atomic mass is 10.1. The topological polar surface area (TPSA) is 97.3 Å². The van der Waals surface area contributed by atoms with Crippen LogP contribution in [0.15, 0.2) is 34.2 Å². The minimum atomic E-state index is -0.906. The molecule has 0 spiro atoms. The number of hydrogen-bond donors (Lipinski definition) is 0. The summed E-state index contributed by atoms with van der Waals surface area (Å²) >= 11 is 0.900. The lowest BCUT2D eigenvalue weighted by molar-refractivity contribution is -0.122. The first kappa shape index (κ1) is 18.4. The Morgan fingerprint density at radius 2 is 1.92 bits per heavy atom. The summed E-state index contributed by atoms with van der Waals surface area (Å²) in [6.07, 6.45) is 1.69. The molecule has 0 N–H and O–H groups in total. The lowest BCUT2D eigenvalue weighted by Gasteiger charge is -2.10. The third-order valence-corrected chi connectivity index (χ3v) is 4.52. The van der Waals surface area contributed by atoms with Crippen molar-refractivity contribution in [2.45, 2.75) is 13.8 Å². The van der Waals surface area contributed by atoms with Crippen molar-refractivity contribution in [2.75, 3.05) is 13.1 Å². The molecule has 1 saturated heterocycles. The van der Waals surface area contributed by atoms with E-state index >= 15 is 0 Å². The number of aliphatic imine (C=N–C) groups is 1. The van der Waals surface area contributed by atoms with E-state index in [4.69, 9.17) is 10.5 Å². The molecule has 25 heavy (non-hydrogen) atoms. The summed E-state index contributed by atoms with van der Waals surface area (Å²) in [6.45, 7) is 3.85.